The highest BCUT2D eigenvalue weighted by Gasteiger charge is 2.31. The zero-order chi connectivity index (χ0) is 23.3. The molecular formula is C22H26N4O5S2. The highest BCUT2D eigenvalue weighted by Crippen LogP contribution is 2.25. The van der Waals surface area contributed by atoms with Crippen LogP contribution in [0.15, 0.2) is 47.4 Å². The summed E-state index contributed by atoms with van der Waals surface area (Å²) in [6, 6.07) is 12.4. The van der Waals surface area contributed by atoms with Crippen molar-refractivity contribution in [1.29, 1.82) is 0 Å². The summed E-state index contributed by atoms with van der Waals surface area (Å²) >= 11 is 0.993. The lowest BCUT2D eigenvalue weighted by Gasteiger charge is -2.34. The normalized spacial score (nSPS) is 15.0. The van der Waals surface area contributed by atoms with Crippen LogP contribution >= 0.6 is 11.7 Å². The van der Waals surface area contributed by atoms with Crippen molar-refractivity contribution < 1.29 is 22.7 Å². The standard InChI is InChI=1S/C22H26N4O5S2/c1-2-30-17-8-10-18(11-9-17)31-16-4-7-21(27)25-12-14-26(15-13-25)33(28,29)20-6-3-5-19-22(20)24-32-23-19/h3,5-6,8-11H,2,4,7,12-16H2,1H3. The van der Waals surface area contributed by atoms with Crippen LogP contribution in [0, 0.1) is 0 Å². The lowest BCUT2D eigenvalue weighted by molar-refractivity contribution is -0.132. The van der Waals surface area contributed by atoms with Gasteiger partial charge in [-0.3, -0.25) is 4.79 Å². The summed E-state index contributed by atoms with van der Waals surface area (Å²) in [6.45, 7) is 4.21. The molecule has 33 heavy (non-hydrogen) atoms. The SMILES string of the molecule is CCOc1ccc(OCCCC(=O)N2CCN(S(=O)(=O)c3cccc4nsnc34)CC2)cc1. The molecule has 2 heterocycles. The van der Waals surface area contributed by atoms with Crippen molar-refractivity contribution in [3.05, 3.63) is 42.5 Å². The largest absolute Gasteiger partial charge is 0.494 e. The average molecular weight is 491 g/mol. The van der Waals surface area contributed by atoms with Gasteiger partial charge in [-0.25, -0.2) is 8.42 Å². The van der Waals surface area contributed by atoms with Crippen molar-refractivity contribution in [1.82, 2.24) is 18.0 Å². The van der Waals surface area contributed by atoms with Gasteiger partial charge in [0.25, 0.3) is 0 Å². The Morgan fingerprint density at radius 2 is 1.70 bits per heavy atom. The fourth-order valence-electron chi connectivity index (χ4n) is 3.68. The number of hydrogen-bond donors (Lipinski definition) is 0. The summed E-state index contributed by atoms with van der Waals surface area (Å²) < 4.78 is 47.0. The second kappa shape index (κ2) is 10.4. The first-order valence-corrected chi connectivity index (χ1v) is 13.0. The maximum Gasteiger partial charge on any atom is 0.245 e. The third kappa shape index (κ3) is 5.43. The summed E-state index contributed by atoms with van der Waals surface area (Å²) in [5, 5.41) is 0. The van der Waals surface area contributed by atoms with E-state index < -0.39 is 10.0 Å². The van der Waals surface area contributed by atoms with E-state index >= 15 is 0 Å². The van der Waals surface area contributed by atoms with E-state index in [-0.39, 0.29) is 23.9 Å². The van der Waals surface area contributed by atoms with Gasteiger partial charge in [-0.05, 0) is 49.7 Å². The van der Waals surface area contributed by atoms with Crippen LogP contribution in [0.25, 0.3) is 11.0 Å². The van der Waals surface area contributed by atoms with Crippen molar-refractivity contribution in [2.75, 3.05) is 39.4 Å². The molecule has 9 nitrogen and oxygen atoms in total. The van der Waals surface area contributed by atoms with E-state index in [9.17, 15) is 13.2 Å². The van der Waals surface area contributed by atoms with E-state index in [1.54, 1.807) is 23.1 Å². The third-order valence-electron chi connectivity index (χ3n) is 5.40. The number of fused-ring (bicyclic) bond motifs is 1. The molecule has 0 spiro atoms. The number of rotatable bonds is 9. The highest BCUT2D eigenvalue weighted by molar-refractivity contribution is 7.89. The molecule has 0 saturated carbocycles. The van der Waals surface area contributed by atoms with Crippen LogP contribution in [-0.4, -0.2) is 71.7 Å². The van der Waals surface area contributed by atoms with Crippen molar-refractivity contribution in [2.24, 2.45) is 0 Å². The number of piperazine rings is 1. The van der Waals surface area contributed by atoms with Gasteiger partial charge in [0.1, 0.15) is 27.4 Å². The molecule has 2 aromatic carbocycles. The zero-order valence-corrected chi connectivity index (χ0v) is 20.0. The van der Waals surface area contributed by atoms with E-state index in [1.165, 1.54) is 4.31 Å². The fourth-order valence-corrected chi connectivity index (χ4v) is 5.85. The molecular weight excluding hydrogens is 464 g/mol. The van der Waals surface area contributed by atoms with Gasteiger partial charge in [0.15, 0.2) is 0 Å². The molecule has 0 atom stereocenters. The Kier molecular flexibility index (Phi) is 7.41. The van der Waals surface area contributed by atoms with Gasteiger partial charge in [0.2, 0.25) is 15.9 Å². The summed E-state index contributed by atoms with van der Waals surface area (Å²) in [6.07, 6.45) is 0.941. The summed E-state index contributed by atoms with van der Waals surface area (Å²) in [5.74, 6) is 1.53. The van der Waals surface area contributed by atoms with E-state index in [0.717, 1.165) is 23.2 Å². The number of ether oxygens (including phenoxy) is 2. The van der Waals surface area contributed by atoms with Gasteiger partial charge in [0, 0.05) is 32.6 Å². The second-order valence-corrected chi connectivity index (χ2v) is 9.96. The maximum absolute atomic E-state index is 13.1. The van der Waals surface area contributed by atoms with Crippen LogP contribution in [0.2, 0.25) is 0 Å². The lowest BCUT2D eigenvalue weighted by Crippen LogP contribution is -2.50. The molecule has 176 valence electrons. The smallest absolute Gasteiger partial charge is 0.245 e. The zero-order valence-electron chi connectivity index (χ0n) is 18.3. The molecule has 4 rings (SSSR count). The van der Waals surface area contributed by atoms with Crippen molar-refractivity contribution >= 4 is 38.7 Å². The molecule has 1 amide bonds. The Balaban J connectivity index is 1.24. The van der Waals surface area contributed by atoms with Crippen LogP contribution in [0.4, 0.5) is 0 Å². The minimum Gasteiger partial charge on any atom is -0.494 e. The molecule has 0 bridgehead atoms. The molecule has 1 aliphatic heterocycles. The van der Waals surface area contributed by atoms with Gasteiger partial charge in [0.05, 0.1) is 24.9 Å². The molecule has 0 N–H and O–H groups in total. The van der Waals surface area contributed by atoms with Crippen LogP contribution in [-0.2, 0) is 14.8 Å². The molecule has 1 aliphatic rings. The van der Waals surface area contributed by atoms with Gasteiger partial charge in [-0.1, -0.05) is 6.07 Å². The topological polar surface area (TPSA) is 102 Å². The fraction of sp³-hybridized carbons (Fsp3) is 0.409. The first-order chi connectivity index (χ1) is 16.0. The van der Waals surface area contributed by atoms with Crippen LogP contribution in [0.1, 0.15) is 19.8 Å². The molecule has 0 aliphatic carbocycles. The minimum absolute atomic E-state index is 0.00754. The Morgan fingerprint density at radius 3 is 2.39 bits per heavy atom. The third-order valence-corrected chi connectivity index (χ3v) is 7.87. The van der Waals surface area contributed by atoms with Gasteiger partial charge in [-0.2, -0.15) is 13.1 Å². The van der Waals surface area contributed by atoms with Crippen molar-refractivity contribution in [3.63, 3.8) is 0 Å². The Labute approximate surface area is 197 Å². The molecule has 3 aromatic rings. The predicted octanol–water partition coefficient (Wildman–Crippen LogP) is 2.78. The number of carbonyl (C=O) groups is 1. The van der Waals surface area contributed by atoms with E-state index in [2.05, 4.69) is 8.75 Å². The summed E-state index contributed by atoms with van der Waals surface area (Å²) in [5.41, 5.74) is 0.968. The number of aromatic nitrogens is 2. The van der Waals surface area contributed by atoms with Gasteiger partial charge >= 0.3 is 0 Å². The van der Waals surface area contributed by atoms with Crippen molar-refractivity contribution in [2.45, 2.75) is 24.7 Å². The summed E-state index contributed by atoms with van der Waals surface area (Å²) in [7, 11) is -3.70. The lowest BCUT2D eigenvalue weighted by atomic mass is 10.2. The first-order valence-electron chi connectivity index (χ1n) is 10.8. The van der Waals surface area contributed by atoms with Crippen LogP contribution in [0.3, 0.4) is 0 Å². The number of hydrogen-bond acceptors (Lipinski definition) is 8. The number of carbonyl (C=O) groups excluding carboxylic acids is 1. The Bertz CT molecular complexity index is 1190. The monoisotopic (exact) mass is 490 g/mol. The van der Waals surface area contributed by atoms with E-state index in [4.69, 9.17) is 9.47 Å². The average Bonchev–Trinajstić information content (AvgIpc) is 3.32. The number of amides is 1. The quantitative estimate of drug-likeness (QED) is 0.425. The van der Waals surface area contributed by atoms with E-state index in [1.807, 2.05) is 31.2 Å². The highest BCUT2D eigenvalue weighted by atomic mass is 32.2. The minimum atomic E-state index is -3.70. The molecule has 0 unspecified atom stereocenters. The molecule has 1 saturated heterocycles. The number of sulfonamides is 1. The molecule has 1 fully saturated rings. The predicted molar refractivity (Wildman–Crippen MR) is 125 cm³/mol. The second-order valence-electron chi connectivity index (χ2n) is 7.53. The van der Waals surface area contributed by atoms with E-state index in [0.29, 0.717) is 50.2 Å². The van der Waals surface area contributed by atoms with Gasteiger partial charge in [-0.15, -0.1) is 0 Å². The van der Waals surface area contributed by atoms with Crippen LogP contribution < -0.4 is 9.47 Å². The first kappa shape index (κ1) is 23.4. The van der Waals surface area contributed by atoms with Crippen molar-refractivity contribution in [3.8, 4) is 11.5 Å². The van der Waals surface area contributed by atoms with Crippen LogP contribution in [0.5, 0.6) is 11.5 Å². The molecule has 1 aromatic heterocycles. The molecule has 11 heteroatoms. The Morgan fingerprint density at radius 1 is 1.00 bits per heavy atom. The number of nitrogens with zero attached hydrogens (tertiary/aromatic N) is 4. The molecule has 0 radical (unpaired) electrons. The summed E-state index contributed by atoms with van der Waals surface area (Å²) in [4.78, 5) is 14.4. The Hall–Kier alpha value is -2.76. The van der Waals surface area contributed by atoms with Gasteiger partial charge < -0.3 is 14.4 Å². The maximum atomic E-state index is 13.1. The number of benzene rings is 2.